The number of rotatable bonds is 5. The average Bonchev–Trinajstić information content (AvgIpc) is 2.69. The number of hydrogen-bond acceptors (Lipinski definition) is 4. The minimum atomic E-state index is -1.02. The maximum atomic E-state index is 11.5. The molecule has 1 aromatic heterocycles. The van der Waals surface area contributed by atoms with Crippen molar-refractivity contribution in [1.82, 2.24) is 0 Å². The van der Waals surface area contributed by atoms with E-state index in [1.54, 1.807) is 17.5 Å². The van der Waals surface area contributed by atoms with Crippen molar-refractivity contribution in [3.05, 3.63) is 22.4 Å². The van der Waals surface area contributed by atoms with Gasteiger partial charge in [-0.25, -0.2) is 0 Å². The Kier molecular flexibility index (Phi) is 4.01. The molecular formula is C10H9NO3S. The minimum absolute atomic E-state index is 0.0918. The molecule has 0 aliphatic carbocycles. The molecule has 0 aliphatic rings. The van der Waals surface area contributed by atoms with E-state index in [1.165, 1.54) is 11.3 Å². The van der Waals surface area contributed by atoms with Crippen LogP contribution in [0, 0.1) is 11.3 Å². The quantitative estimate of drug-likeness (QED) is 0.825. The van der Waals surface area contributed by atoms with Crippen molar-refractivity contribution >= 4 is 23.1 Å². The number of hydrogen-bond donors (Lipinski definition) is 1. The van der Waals surface area contributed by atoms with Crippen molar-refractivity contribution in [3.63, 3.8) is 0 Å². The first-order valence-electron chi connectivity index (χ1n) is 4.32. The number of Topliss-reactive ketones (excluding diaryl/α,β-unsaturated/α-hetero) is 1. The van der Waals surface area contributed by atoms with Crippen molar-refractivity contribution in [3.8, 4) is 6.07 Å². The molecule has 15 heavy (non-hydrogen) atoms. The molecule has 4 nitrogen and oxygen atoms in total. The number of aliphatic carboxylic acids is 1. The molecule has 0 fully saturated rings. The number of thiophene rings is 1. The summed E-state index contributed by atoms with van der Waals surface area (Å²) in [5.41, 5.74) is 0. The van der Waals surface area contributed by atoms with Crippen LogP contribution in [-0.4, -0.2) is 16.9 Å². The van der Waals surface area contributed by atoms with E-state index in [1.807, 2.05) is 6.07 Å². The lowest BCUT2D eigenvalue weighted by atomic mass is 10.0. The maximum Gasteiger partial charge on any atom is 0.303 e. The second-order valence-corrected chi connectivity index (χ2v) is 3.92. The van der Waals surface area contributed by atoms with Gasteiger partial charge in [-0.15, -0.1) is 11.3 Å². The lowest BCUT2D eigenvalue weighted by Crippen LogP contribution is -2.11. The smallest absolute Gasteiger partial charge is 0.303 e. The molecule has 1 heterocycles. The Morgan fingerprint density at radius 1 is 1.53 bits per heavy atom. The summed E-state index contributed by atoms with van der Waals surface area (Å²) in [5, 5.41) is 19.0. The van der Waals surface area contributed by atoms with Crippen LogP contribution in [-0.2, 0) is 9.59 Å². The van der Waals surface area contributed by atoms with Crippen LogP contribution >= 0.6 is 11.3 Å². The van der Waals surface area contributed by atoms with Gasteiger partial charge in [0.05, 0.1) is 12.5 Å². The number of nitriles is 1. The predicted molar refractivity (Wildman–Crippen MR) is 54.5 cm³/mol. The highest BCUT2D eigenvalue weighted by Crippen LogP contribution is 2.22. The molecule has 0 radical (unpaired) electrons. The van der Waals surface area contributed by atoms with Crippen LogP contribution in [0.1, 0.15) is 23.6 Å². The standard InChI is InChI=1S/C10H9NO3S/c11-6-7(9-2-1-5-15-9)8(12)3-4-10(13)14/h1-2,5,7H,3-4H2,(H,13,14). The number of carboxylic acids is 1. The van der Waals surface area contributed by atoms with Crippen LogP contribution in [0.3, 0.4) is 0 Å². The van der Waals surface area contributed by atoms with Gasteiger partial charge in [-0.1, -0.05) is 6.07 Å². The van der Waals surface area contributed by atoms with Crippen LogP contribution in [0.4, 0.5) is 0 Å². The third-order valence-corrected chi connectivity index (χ3v) is 2.80. The summed E-state index contributed by atoms with van der Waals surface area (Å²) in [6.45, 7) is 0. The second kappa shape index (κ2) is 5.27. The van der Waals surface area contributed by atoms with Gasteiger partial charge < -0.3 is 5.11 Å². The Morgan fingerprint density at radius 3 is 2.73 bits per heavy atom. The lowest BCUT2D eigenvalue weighted by molar-refractivity contribution is -0.138. The van der Waals surface area contributed by atoms with Gasteiger partial charge in [-0.05, 0) is 11.4 Å². The Hall–Kier alpha value is -1.67. The Bertz CT molecular complexity index is 391. The molecule has 0 saturated heterocycles. The van der Waals surface area contributed by atoms with Gasteiger partial charge in [0.1, 0.15) is 5.92 Å². The van der Waals surface area contributed by atoms with E-state index in [0.717, 1.165) is 0 Å². The molecule has 0 amide bonds. The highest BCUT2D eigenvalue weighted by molar-refractivity contribution is 7.10. The highest BCUT2D eigenvalue weighted by atomic mass is 32.1. The average molecular weight is 223 g/mol. The summed E-state index contributed by atoms with van der Waals surface area (Å²) in [5.74, 6) is -2.17. The molecule has 1 unspecified atom stereocenters. The Morgan fingerprint density at radius 2 is 2.27 bits per heavy atom. The summed E-state index contributed by atoms with van der Waals surface area (Å²) >= 11 is 1.33. The van der Waals surface area contributed by atoms with Crippen LogP contribution in [0.15, 0.2) is 17.5 Å². The van der Waals surface area contributed by atoms with Gasteiger partial charge in [0.25, 0.3) is 0 Å². The minimum Gasteiger partial charge on any atom is -0.481 e. The van der Waals surface area contributed by atoms with Crippen molar-refractivity contribution in [2.45, 2.75) is 18.8 Å². The maximum absolute atomic E-state index is 11.5. The third kappa shape index (κ3) is 3.18. The summed E-state index contributed by atoms with van der Waals surface area (Å²) in [4.78, 5) is 22.4. The highest BCUT2D eigenvalue weighted by Gasteiger charge is 2.21. The normalized spacial score (nSPS) is 11.7. The topological polar surface area (TPSA) is 78.2 Å². The zero-order valence-corrected chi connectivity index (χ0v) is 8.66. The van der Waals surface area contributed by atoms with Gasteiger partial charge in [0.15, 0.2) is 5.78 Å². The summed E-state index contributed by atoms with van der Waals surface area (Å²) < 4.78 is 0. The molecular weight excluding hydrogens is 214 g/mol. The van der Waals surface area contributed by atoms with Gasteiger partial charge in [0.2, 0.25) is 0 Å². The lowest BCUT2D eigenvalue weighted by Gasteiger charge is -2.03. The van der Waals surface area contributed by atoms with Gasteiger partial charge in [0, 0.05) is 11.3 Å². The van der Waals surface area contributed by atoms with E-state index in [-0.39, 0.29) is 18.6 Å². The van der Waals surface area contributed by atoms with Gasteiger partial charge in [-0.2, -0.15) is 5.26 Å². The number of nitrogens with zero attached hydrogens (tertiary/aromatic N) is 1. The fraction of sp³-hybridized carbons (Fsp3) is 0.300. The number of carbonyl (C=O) groups excluding carboxylic acids is 1. The molecule has 5 heteroatoms. The molecule has 1 N–H and O–H groups in total. The van der Waals surface area contributed by atoms with Crippen LogP contribution in [0.5, 0.6) is 0 Å². The van der Waals surface area contributed by atoms with Gasteiger partial charge >= 0.3 is 5.97 Å². The summed E-state index contributed by atoms with van der Waals surface area (Å²) in [6, 6.07) is 5.36. The zero-order chi connectivity index (χ0) is 11.3. The monoisotopic (exact) mass is 223 g/mol. The van der Waals surface area contributed by atoms with Crippen molar-refractivity contribution < 1.29 is 14.7 Å². The number of carbonyl (C=O) groups is 2. The molecule has 0 saturated carbocycles. The number of carboxylic acid groups (broad SMARTS) is 1. The van der Waals surface area contributed by atoms with Gasteiger partial charge in [-0.3, -0.25) is 9.59 Å². The van der Waals surface area contributed by atoms with E-state index in [2.05, 4.69) is 0 Å². The second-order valence-electron chi connectivity index (χ2n) is 2.94. The molecule has 1 atom stereocenters. The molecule has 1 aromatic rings. The molecule has 78 valence electrons. The van der Waals surface area contributed by atoms with Crippen molar-refractivity contribution in [2.24, 2.45) is 0 Å². The van der Waals surface area contributed by atoms with Crippen molar-refractivity contribution in [1.29, 1.82) is 5.26 Å². The van der Waals surface area contributed by atoms with E-state index in [9.17, 15) is 9.59 Å². The summed E-state index contributed by atoms with van der Waals surface area (Å²) in [6.07, 6.45) is -0.312. The van der Waals surface area contributed by atoms with E-state index in [0.29, 0.717) is 4.88 Å². The van der Waals surface area contributed by atoms with E-state index in [4.69, 9.17) is 10.4 Å². The van der Waals surface area contributed by atoms with Crippen molar-refractivity contribution in [2.75, 3.05) is 0 Å². The first-order chi connectivity index (χ1) is 7.15. The molecule has 0 bridgehead atoms. The van der Waals surface area contributed by atoms with Crippen LogP contribution in [0.25, 0.3) is 0 Å². The van der Waals surface area contributed by atoms with Crippen LogP contribution in [0.2, 0.25) is 0 Å². The van der Waals surface area contributed by atoms with E-state index >= 15 is 0 Å². The fourth-order valence-corrected chi connectivity index (χ4v) is 1.92. The number of ketones is 1. The Labute approximate surface area is 90.8 Å². The Balaban J connectivity index is 2.65. The predicted octanol–water partition coefficient (Wildman–Crippen LogP) is 1.79. The zero-order valence-electron chi connectivity index (χ0n) is 7.84. The molecule has 0 aliphatic heterocycles. The first kappa shape index (κ1) is 11.4. The molecule has 1 rings (SSSR count). The first-order valence-corrected chi connectivity index (χ1v) is 5.20. The third-order valence-electron chi connectivity index (χ3n) is 1.86. The van der Waals surface area contributed by atoms with Crippen LogP contribution < -0.4 is 0 Å². The molecule has 0 spiro atoms. The van der Waals surface area contributed by atoms with E-state index < -0.39 is 11.9 Å². The SMILES string of the molecule is N#CC(C(=O)CCC(=O)O)c1cccs1. The summed E-state index contributed by atoms with van der Waals surface area (Å²) in [7, 11) is 0. The molecule has 0 aromatic carbocycles. The fourth-order valence-electron chi connectivity index (χ4n) is 1.12. The largest absolute Gasteiger partial charge is 0.481 e.